The second kappa shape index (κ2) is 6.37. The molecule has 0 spiro atoms. The van der Waals surface area contributed by atoms with Crippen LogP contribution in [0.2, 0.25) is 0 Å². The second-order valence-electron chi connectivity index (χ2n) is 5.86. The van der Waals surface area contributed by atoms with Crippen LogP contribution in [-0.4, -0.2) is 60.1 Å². The van der Waals surface area contributed by atoms with Gasteiger partial charge in [0.05, 0.1) is 18.7 Å². The maximum absolute atomic E-state index is 13.7. The molecule has 1 N–H and O–H groups in total. The van der Waals surface area contributed by atoms with Gasteiger partial charge in [-0.05, 0) is 13.8 Å². The number of thiazole rings is 1. The molecule has 2 aliphatic heterocycles. The van der Waals surface area contributed by atoms with Crippen LogP contribution in [0.15, 0.2) is 27.8 Å². The number of rotatable bonds is 5. The van der Waals surface area contributed by atoms with E-state index in [2.05, 4.69) is 15.3 Å². The second-order valence-corrected chi connectivity index (χ2v) is 6.76. The lowest BCUT2D eigenvalue weighted by molar-refractivity contribution is -0.138. The zero-order valence-electron chi connectivity index (χ0n) is 13.1. The zero-order chi connectivity index (χ0) is 16.4. The van der Waals surface area contributed by atoms with Crippen molar-refractivity contribution in [2.24, 2.45) is 4.99 Å². The van der Waals surface area contributed by atoms with Crippen molar-refractivity contribution in [1.29, 1.82) is 0 Å². The normalized spacial score (nSPS) is 20.6. The molecular weight excluding hydrogens is 319 g/mol. The Balaban J connectivity index is 1.76. The number of hydrogen-bond donors (Lipinski definition) is 1. The summed E-state index contributed by atoms with van der Waals surface area (Å²) in [6.07, 6.45) is 1.71. The highest BCUT2D eigenvalue weighted by atomic mass is 32.1. The summed E-state index contributed by atoms with van der Waals surface area (Å²) in [5.74, 6) is 0.270. The molecule has 1 saturated heterocycles. The van der Waals surface area contributed by atoms with E-state index in [9.17, 15) is 9.18 Å². The number of carbonyl (C=O) groups excluding carboxylic acids is 1. The van der Waals surface area contributed by atoms with E-state index in [0.717, 1.165) is 10.7 Å². The molecule has 0 amide bonds. The molecule has 1 fully saturated rings. The molecule has 0 unspecified atom stereocenters. The highest BCUT2D eigenvalue weighted by Crippen LogP contribution is 2.26. The molecule has 0 bridgehead atoms. The standard InChI is InChI=1S/C15H19FN4O2S/c1-3-22-14(21)10-6-18-12(13-17-4-5-23-13)19-11(10)7-20-8-15(2,16)9-20/h4-5H,3,6-9H2,1-2H3,(H,18,19). The van der Waals surface area contributed by atoms with Crippen molar-refractivity contribution in [3.8, 4) is 0 Å². The molecule has 0 radical (unpaired) electrons. The van der Waals surface area contributed by atoms with Gasteiger partial charge in [0.1, 0.15) is 5.67 Å². The topological polar surface area (TPSA) is 66.8 Å². The third kappa shape index (κ3) is 3.59. The Morgan fingerprint density at radius 2 is 2.35 bits per heavy atom. The number of aromatic nitrogens is 1. The maximum Gasteiger partial charge on any atom is 0.337 e. The van der Waals surface area contributed by atoms with Crippen LogP contribution in [0.25, 0.3) is 0 Å². The maximum atomic E-state index is 13.7. The summed E-state index contributed by atoms with van der Waals surface area (Å²) in [6.45, 7) is 5.10. The number of amidine groups is 1. The number of likely N-dealkylation sites (tertiary alicyclic amines) is 1. The fraction of sp³-hybridized carbons (Fsp3) is 0.533. The third-order valence-electron chi connectivity index (χ3n) is 3.67. The molecule has 2 aliphatic rings. The molecule has 124 valence electrons. The van der Waals surface area contributed by atoms with Crippen molar-refractivity contribution in [1.82, 2.24) is 15.2 Å². The van der Waals surface area contributed by atoms with E-state index >= 15 is 0 Å². The fourth-order valence-corrected chi connectivity index (χ4v) is 3.33. The molecule has 0 saturated carbocycles. The van der Waals surface area contributed by atoms with Gasteiger partial charge in [0.25, 0.3) is 0 Å². The Bertz CT molecular complexity index is 646. The van der Waals surface area contributed by atoms with Crippen LogP contribution in [0.4, 0.5) is 4.39 Å². The third-order valence-corrected chi connectivity index (χ3v) is 4.45. The Kier molecular flexibility index (Phi) is 4.45. The SMILES string of the molecule is CCOC(=O)C1=C(CN2CC(C)(F)C2)NC(c2nccs2)=NC1. The molecular formula is C15H19FN4O2S. The highest BCUT2D eigenvalue weighted by molar-refractivity contribution is 7.11. The summed E-state index contributed by atoms with van der Waals surface area (Å²) < 4.78 is 18.8. The van der Waals surface area contributed by atoms with Crippen molar-refractivity contribution in [2.45, 2.75) is 19.5 Å². The minimum absolute atomic E-state index is 0.247. The summed E-state index contributed by atoms with van der Waals surface area (Å²) in [7, 11) is 0. The van der Waals surface area contributed by atoms with Gasteiger partial charge in [0.15, 0.2) is 10.8 Å². The first kappa shape index (κ1) is 16.1. The summed E-state index contributed by atoms with van der Waals surface area (Å²) in [6, 6.07) is 0. The van der Waals surface area contributed by atoms with Crippen molar-refractivity contribution in [3.63, 3.8) is 0 Å². The smallest absolute Gasteiger partial charge is 0.337 e. The minimum atomic E-state index is -1.15. The molecule has 3 rings (SSSR count). The Morgan fingerprint density at radius 1 is 1.57 bits per heavy atom. The summed E-state index contributed by atoms with van der Waals surface area (Å²) in [4.78, 5) is 22.7. The zero-order valence-corrected chi connectivity index (χ0v) is 14.0. The van der Waals surface area contributed by atoms with Crippen molar-refractivity contribution in [3.05, 3.63) is 27.9 Å². The molecule has 23 heavy (non-hydrogen) atoms. The van der Waals surface area contributed by atoms with E-state index < -0.39 is 5.67 Å². The first-order valence-electron chi connectivity index (χ1n) is 7.50. The quantitative estimate of drug-likeness (QED) is 0.821. The lowest BCUT2D eigenvalue weighted by atomic mass is 9.98. The van der Waals surface area contributed by atoms with Gasteiger partial charge in [-0.2, -0.15) is 0 Å². The molecule has 0 atom stereocenters. The Labute approximate surface area is 138 Å². The molecule has 1 aromatic rings. The lowest BCUT2D eigenvalue weighted by Crippen LogP contribution is -2.58. The van der Waals surface area contributed by atoms with E-state index in [4.69, 9.17) is 4.74 Å². The van der Waals surface area contributed by atoms with Crippen LogP contribution in [0.1, 0.15) is 18.9 Å². The van der Waals surface area contributed by atoms with Gasteiger partial charge in [-0.15, -0.1) is 11.3 Å². The number of halogens is 1. The van der Waals surface area contributed by atoms with Crippen LogP contribution in [0, 0.1) is 0 Å². The fourth-order valence-electron chi connectivity index (χ4n) is 2.74. The first-order chi connectivity index (χ1) is 11.0. The summed E-state index contributed by atoms with van der Waals surface area (Å²) in [5.41, 5.74) is 0.0738. The number of nitrogens with one attached hydrogen (secondary N) is 1. The number of aliphatic imine (C=N–C) groups is 1. The average Bonchev–Trinajstić information content (AvgIpc) is 2.99. The van der Waals surface area contributed by atoms with Crippen LogP contribution < -0.4 is 5.32 Å². The summed E-state index contributed by atoms with van der Waals surface area (Å²) >= 11 is 1.47. The number of alkyl halides is 1. The van der Waals surface area contributed by atoms with E-state index in [1.54, 1.807) is 20.0 Å². The van der Waals surface area contributed by atoms with Gasteiger partial charge in [-0.25, -0.2) is 14.2 Å². The molecule has 3 heterocycles. The molecule has 1 aromatic heterocycles. The van der Waals surface area contributed by atoms with Crippen LogP contribution in [-0.2, 0) is 9.53 Å². The van der Waals surface area contributed by atoms with Gasteiger partial charge < -0.3 is 10.1 Å². The lowest BCUT2D eigenvalue weighted by Gasteiger charge is -2.43. The number of hydrogen-bond acceptors (Lipinski definition) is 7. The van der Waals surface area contributed by atoms with Crippen LogP contribution >= 0.6 is 11.3 Å². The average molecular weight is 338 g/mol. The predicted octanol–water partition coefficient (Wildman–Crippen LogP) is 1.35. The van der Waals surface area contributed by atoms with E-state index in [-0.39, 0.29) is 12.5 Å². The van der Waals surface area contributed by atoms with Gasteiger partial charge in [0, 0.05) is 36.9 Å². The van der Waals surface area contributed by atoms with Gasteiger partial charge in [0.2, 0.25) is 0 Å². The summed E-state index contributed by atoms with van der Waals surface area (Å²) in [5, 5.41) is 5.82. The van der Waals surface area contributed by atoms with Gasteiger partial charge in [-0.3, -0.25) is 9.89 Å². The first-order valence-corrected chi connectivity index (χ1v) is 8.38. The number of ether oxygens (including phenoxy) is 1. The van der Waals surface area contributed by atoms with Crippen molar-refractivity contribution in [2.75, 3.05) is 32.8 Å². The van der Waals surface area contributed by atoms with E-state index in [0.29, 0.717) is 37.6 Å². The minimum Gasteiger partial charge on any atom is -0.463 e. The predicted molar refractivity (Wildman–Crippen MR) is 86.3 cm³/mol. The van der Waals surface area contributed by atoms with Gasteiger partial charge in [-0.1, -0.05) is 0 Å². The molecule has 6 nitrogen and oxygen atoms in total. The van der Waals surface area contributed by atoms with Crippen LogP contribution in [0.5, 0.6) is 0 Å². The molecule has 8 heteroatoms. The van der Waals surface area contributed by atoms with Crippen LogP contribution in [0.3, 0.4) is 0 Å². The molecule has 0 aromatic carbocycles. The largest absolute Gasteiger partial charge is 0.463 e. The Hall–Kier alpha value is -1.80. The Morgan fingerprint density at radius 3 is 2.96 bits per heavy atom. The van der Waals surface area contributed by atoms with Crippen molar-refractivity contribution < 1.29 is 13.9 Å². The van der Waals surface area contributed by atoms with E-state index in [1.807, 2.05) is 10.3 Å². The van der Waals surface area contributed by atoms with Gasteiger partial charge >= 0.3 is 5.97 Å². The van der Waals surface area contributed by atoms with Crippen molar-refractivity contribution >= 4 is 23.1 Å². The number of nitrogens with zero attached hydrogens (tertiary/aromatic N) is 3. The van der Waals surface area contributed by atoms with E-state index in [1.165, 1.54) is 11.3 Å². The number of esters is 1. The number of carbonyl (C=O) groups is 1. The monoisotopic (exact) mass is 338 g/mol. The highest BCUT2D eigenvalue weighted by Gasteiger charge is 2.39. The molecule has 0 aliphatic carbocycles.